The molecule has 11 heteroatoms. The van der Waals surface area contributed by atoms with E-state index in [9.17, 15) is 29.2 Å². The number of carboxylic acid groups (broad SMARTS) is 1. The molecule has 0 saturated carbocycles. The fourth-order valence-corrected chi connectivity index (χ4v) is 4.39. The second kappa shape index (κ2) is 5.95. The molecule has 3 rings (SSSR count). The third kappa shape index (κ3) is 2.78. The molecule has 1 saturated heterocycles. The number of non-ortho nitro benzene ring substituents is 1. The van der Waals surface area contributed by atoms with E-state index in [1.807, 2.05) is 0 Å². The molecule has 2 aromatic rings. The molecular formula is C15H14FN3O6S. The molecular weight excluding hydrogens is 369 g/mol. The number of rotatable bonds is 3. The Morgan fingerprint density at radius 2 is 2.15 bits per heavy atom. The van der Waals surface area contributed by atoms with Gasteiger partial charge < -0.3 is 15.3 Å². The highest BCUT2D eigenvalue weighted by atomic mass is 32.2. The van der Waals surface area contributed by atoms with E-state index < -0.39 is 49.6 Å². The SMILES string of the molecule is CC1(C)SC(c2c(N)oc3c([N+](=O)[O-])cc(F)cc3c2=O)NC1C(=O)O. The highest BCUT2D eigenvalue weighted by Crippen LogP contribution is 2.46. The van der Waals surface area contributed by atoms with Gasteiger partial charge in [-0.25, -0.2) is 4.39 Å². The van der Waals surface area contributed by atoms with E-state index in [0.717, 1.165) is 17.8 Å². The molecule has 9 nitrogen and oxygen atoms in total. The van der Waals surface area contributed by atoms with E-state index in [1.54, 1.807) is 13.8 Å². The number of fused-ring (bicyclic) bond motifs is 1. The molecule has 0 amide bonds. The van der Waals surface area contributed by atoms with Gasteiger partial charge in [-0.1, -0.05) is 0 Å². The van der Waals surface area contributed by atoms with E-state index in [4.69, 9.17) is 10.2 Å². The highest BCUT2D eigenvalue weighted by molar-refractivity contribution is 8.01. The number of nitrogens with one attached hydrogen (secondary N) is 1. The number of hydrogen-bond donors (Lipinski definition) is 3. The van der Waals surface area contributed by atoms with Crippen LogP contribution in [-0.4, -0.2) is 26.8 Å². The van der Waals surface area contributed by atoms with Crippen LogP contribution in [0.15, 0.2) is 21.3 Å². The number of nitro groups is 1. The summed E-state index contributed by atoms with van der Waals surface area (Å²) in [5.41, 5.74) is 3.80. The maximum atomic E-state index is 13.7. The summed E-state index contributed by atoms with van der Waals surface area (Å²) in [6.45, 7) is 3.37. The molecule has 1 aromatic carbocycles. The van der Waals surface area contributed by atoms with Crippen molar-refractivity contribution in [2.75, 3.05) is 5.73 Å². The number of carboxylic acids is 1. The zero-order chi connectivity index (χ0) is 19.4. The van der Waals surface area contributed by atoms with Gasteiger partial charge in [-0.05, 0) is 19.9 Å². The zero-order valence-corrected chi connectivity index (χ0v) is 14.4. The van der Waals surface area contributed by atoms with Gasteiger partial charge in [-0.3, -0.25) is 25.0 Å². The maximum Gasteiger partial charge on any atom is 0.322 e. The lowest BCUT2D eigenvalue weighted by Crippen LogP contribution is -2.44. The van der Waals surface area contributed by atoms with Crippen molar-refractivity contribution < 1.29 is 23.6 Å². The lowest BCUT2D eigenvalue weighted by atomic mass is 10.0. The van der Waals surface area contributed by atoms with Crippen LogP contribution in [0.5, 0.6) is 0 Å². The Balaban J connectivity index is 2.22. The number of nitrogens with zero attached hydrogens (tertiary/aromatic N) is 1. The topological polar surface area (TPSA) is 149 Å². The first kappa shape index (κ1) is 18.1. The van der Waals surface area contributed by atoms with Crippen LogP contribution in [0.25, 0.3) is 11.0 Å². The third-order valence-corrected chi connectivity index (χ3v) is 5.59. The predicted octanol–water partition coefficient (Wildman–Crippen LogP) is 1.99. The second-order valence-corrected chi connectivity index (χ2v) is 8.07. The van der Waals surface area contributed by atoms with Crippen molar-refractivity contribution in [3.05, 3.63) is 43.9 Å². The van der Waals surface area contributed by atoms with Crippen LogP contribution in [0.2, 0.25) is 0 Å². The molecule has 2 heterocycles. The monoisotopic (exact) mass is 383 g/mol. The Bertz CT molecular complexity index is 1010. The van der Waals surface area contributed by atoms with Gasteiger partial charge in [0, 0.05) is 4.75 Å². The van der Waals surface area contributed by atoms with Crippen molar-refractivity contribution in [2.24, 2.45) is 0 Å². The van der Waals surface area contributed by atoms with Crippen molar-refractivity contribution >= 4 is 40.3 Å². The number of thioether (sulfide) groups is 1. The summed E-state index contributed by atoms with van der Waals surface area (Å²) >= 11 is 1.15. The molecule has 0 spiro atoms. The van der Waals surface area contributed by atoms with Crippen molar-refractivity contribution in [3.8, 4) is 0 Å². The quantitative estimate of drug-likeness (QED) is 0.534. The minimum Gasteiger partial charge on any atom is -0.480 e. The maximum absolute atomic E-state index is 13.7. The molecule has 4 N–H and O–H groups in total. The number of nitrogen functional groups attached to an aromatic ring is 1. The van der Waals surface area contributed by atoms with E-state index in [2.05, 4.69) is 5.32 Å². The van der Waals surface area contributed by atoms with Gasteiger partial charge in [0.25, 0.3) is 0 Å². The largest absolute Gasteiger partial charge is 0.480 e. The van der Waals surface area contributed by atoms with Gasteiger partial charge in [0.2, 0.25) is 16.9 Å². The van der Waals surface area contributed by atoms with E-state index >= 15 is 0 Å². The normalized spacial score (nSPS) is 21.8. The smallest absolute Gasteiger partial charge is 0.322 e. The molecule has 138 valence electrons. The van der Waals surface area contributed by atoms with Crippen molar-refractivity contribution in [1.82, 2.24) is 5.32 Å². The number of hydrogen-bond acceptors (Lipinski definition) is 8. The summed E-state index contributed by atoms with van der Waals surface area (Å²) in [7, 11) is 0. The fraction of sp³-hybridized carbons (Fsp3) is 0.333. The van der Waals surface area contributed by atoms with Crippen LogP contribution in [0.1, 0.15) is 24.8 Å². The van der Waals surface area contributed by atoms with Gasteiger partial charge in [-0.15, -0.1) is 11.8 Å². The molecule has 0 aliphatic carbocycles. The summed E-state index contributed by atoms with van der Waals surface area (Å²) in [5.74, 6) is -2.46. The highest BCUT2D eigenvalue weighted by Gasteiger charge is 2.47. The van der Waals surface area contributed by atoms with Crippen molar-refractivity contribution in [2.45, 2.75) is 30.0 Å². The summed E-state index contributed by atoms with van der Waals surface area (Å²) in [5, 5.41) is 22.0. The second-order valence-electron chi connectivity index (χ2n) is 6.31. The van der Waals surface area contributed by atoms with Crippen LogP contribution in [-0.2, 0) is 4.79 Å². The molecule has 26 heavy (non-hydrogen) atoms. The molecule has 1 aliphatic heterocycles. The minimum absolute atomic E-state index is 0.0979. The lowest BCUT2D eigenvalue weighted by Gasteiger charge is -2.20. The average molecular weight is 383 g/mol. The van der Waals surface area contributed by atoms with Gasteiger partial charge in [-0.2, -0.15) is 0 Å². The van der Waals surface area contributed by atoms with E-state index in [0.29, 0.717) is 6.07 Å². The number of halogens is 1. The molecule has 2 atom stereocenters. The van der Waals surface area contributed by atoms with Crippen LogP contribution in [0.3, 0.4) is 0 Å². The molecule has 2 unspecified atom stereocenters. The average Bonchev–Trinajstić information content (AvgIpc) is 2.83. The van der Waals surface area contributed by atoms with Crippen LogP contribution >= 0.6 is 11.8 Å². The Morgan fingerprint density at radius 3 is 2.69 bits per heavy atom. The fourth-order valence-electron chi connectivity index (χ4n) is 2.93. The molecule has 1 aliphatic rings. The van der Waals surface area contributed by atoms with Gasteiger partial charge >= 0.3 is 11.7 Å². The molecule has 0 radical (unpaired) electrons. The first-order chi connectivity index (χ1) is 12.0. The standard InChI is InChI=1S/C15H14FN3O6S/c1-15(2)11(14(21)22)18-13(26-15)8-9(20)6-3-5(16)4-7(19(23)24)10(6)25-12(8)17/h3-4,11,13,18H,17H2,1-2H3,(H,21,22). The summed E-state index contributed by atoms with van der Waals surface area (Å²) in [6.07, 6.45) is 0. The Hall–Kier alpha value is -2.66. The van der Waals surface area contributed by atoms with Crippen molar-refractivity contribution in [1.29, 1.82) is 0 Å². The van der Waals surface area contributed by atoms with E-state index in [-0.39, 0.29) is 16.8 Å². The van der Waals surface area contributed by atoms with Crippen molar-refractivity contribution in [3.63, 3.8) is 0 Å². The first-order valence-corrected chi connectivity index (χ1v) is 8.27. The van der Waals surface area contributed by atoms with Crippen LogP contribution in [0.4, 0.5) is 16.0 Å². The number of nitro benzene ring substituents is 1. The molecule has 0 bridgehead atoms. The lowest BCUT2D eigenvalue weighted by molar-refractivity contribution is -0.383. The third-order valence-electron chi connectivity index (χ3n) is 4.14. The first-order valence-electron chi connectivity index (χ1n) is 7.39. The number of nitrogens with two attached hydrogens (primary N) is 1. The molecule has 1 fully saturated rings. The number of aliphatic carboxylic acids is 1. The zero-order valence-electron chi connectivity index (χ0n) is 13.6. The summed E-state index contributed by atoms with van der Waals surface area (Å²) in [4.78, 5) is 34.4. The van der Waals surface area contributed by atoms with Gasteiger partial charge in [0.05, 0.1) is 27.3 Å². The number of carbonyl (C=O) groups is 1. The number of benzene rings is 1. The Morgan fingerprint density at radius 1 is 1.50 bits per heavy atom. The van der Waals surface area contributed by atoms with Crippen LogP contribution < -0.4 is 16.5 Å². The minimum atomic E-state index is -1.10. The predicted molar refractivity (Wildman–Crippen MR) is 92.5 cm³/mol. The van der Waals surface area contributed by atoms with E-state index in [1.165, 1.54) is 0 Å². The summed E-state index contributed by atoms with van der Waals surface area (Å²) in [6, 6.07) is 0.501. The Kier molecular flexibility index (Phi) is 4.15. The van der Waals surface area contributed by atoms with Crippen LogP contribution in [0, 0.1) is 15.9 Å². The molecule has 1 aromatic heterocycles. The Labute approximate surface area is 149 Å². The van der Waals surface area contributed by atoms with Gasteiger partial charge in [0.15, 0.2) is 0 Å². The number of anilines is 1. The van der Waals surface area contributed by atoms with Gasteiger partial charge in [0.1, 0.15) is 11.9 Å². The summed E-state index contributed by atoms with van der Waals surface area (Å²) < 4.78 is 18.2.